The molecule has 6 rings (SSSR count). The van der Waals surface area contributed by atoms with Crippen molar-refractivity contribution in [3.05, 3.63) is 64.7 Å². The van der Waals surface area contributed by atoms with E-state index in [9.17, 15) is 0 Å². The Kier molecular flexibility index (Phi) is 5.54. The van der Waals surface area contributed by atoms with E-state index in [0.717, 1.165) is 59.1 Å². The van der Waals surface area contributed by atoms with E-state index in [0.29, 0.717) is 21.4 Å². The first-order chi connectivity index (χ1) is 16.2. The summed E-state index contributed by atoms with van der Waals surface area (Å²) in [5, 5.41) is 12.2. The summed E-state index contributed by atoms with van der Waals surface area (Å²) in [6.45, 7) is 1.53. The number of nitrogens with zero attached hydrogens (tertiary/aromatic N) is 5. The van der Waals surface area contributed by atoms with Crippen LogP contribution in [0.1, 0.15) is 18.5 Å². The minimum absolute atomic E-state index is 0.167. The highest BCUT2D eigenvalue weighted by atomic mass is 35.5. The van der Waals surface area contributed by atoms with Crippen LogP contribution in [0.5, 0.6) is 0 Å². The SMILES string of the molecule is Clc1cc(Cl)c2nc(CSc3nnc(-c4c[nH]c5ccccc45)n3CC3CCCO3)cn2c1. The average molecular weight is 499 g/mol. The van der Waals surface area contributed by atoms with Crippen LogP contribution in [0, 0.1) is 0 Å². The van der Waals surface area contributed by atoms with E-state index >= 15 is 0 Å². The van der Waals surface area contributed by atoms with Crippen LogP contribution < -0.4 is 0 Å². The van der Waals surface area contributed by atoms with E-state index < -0.39 is 0 Å². The molecule has 1 aliphatic rings. The van der Waals surface area contributed by atoms with Gasteiger partial charge in [0.1, 0.15) is 0 Å². The first-order valence-corrected chi connectivity index (χ1v) is 12.5. The van der Waals surface area contributed by atoms with Gasteiger partial charge < -0.3 is 14.1 Å². The van der Waals surface area contributed by atoms with E-state index in [1.807, 2.05) is 28.9 Å². The number of rotatable bonds is 6. The topological polar surface area (TPSA) is 73.0 Å². The fourth-order valence-corrected chi connectivity index (χ4v) is 5.65. The summed E-state index contributed by atoms with van der Waals surface area (Å²) in [5.41, 5.74) is 3.70. The van der Waals surface area contributed by atoms with Crippen molar-refractivity contribution in [2.75, 3.05) is 6.61 Å². The lowest BCUT2D eigenvalue weighted by Crippen LogP contribution is -2.16. The molecule has 1 aromatic carbocycles. The Morgan fingerprint density at radius 3 is 2.97 bits per heavy atom. The summed E-state index contributed by atoms with van der Waals surface area (Å²) < 4.78 is 9.96. The molecule has 1 fully saturated rings. The second kappa shape index (κ2) is 8.68. The number of H-pyrrole nitrogens is 1. The van der Waals surface area contributed by atoms with Crippen LogP contribution in [0.15, 0.2) is 54.1 Å². The standard InChI is InChI=1S/C23H20Cl2N6OS/c24-14-8-19(25)22-27-15(11-30(22)10-14)13-33-23-29-28-21(31(23)12-16-4-3-7-32-16)18-9-26-20-6-2-1-5-17(18)20/h1-2,5-6,8-11,16,26H,3-4,7,12-13H2. The van der Waals surface area contributed by atoms with E-state index in [-0.39, 0.29) is 6.10 Å². The van der Waals surface area contributed by atoms with Gasteiger partial charge in [0.05, 0.1) is 28.4 Å². The summed E-state index contributed by atoms with van der Waals surface area (Å²) in [6.07, 6.45) is 8.05. The third-order valence-electron chi connectivity index (χ3n) is 5.83. The molecule has 0 amide bonds. The van der Waals surface area contributed by atoms with Gasteiger partial charge in [-0.15, -0.1) is 10.2 Å². The van der Waals surface area contributed by atoms with Crippen molar-refractivity contribution in [2.45, 2.75) is 36.4 Å². The van der Waals surface area contributed by atoms with Gasteiger partial charge in [0, 0.05) is 47.4 Å². The zero-order chi connectivity index (χ0) is 22.4. The molecule has 1 N–H and O–H groups in total. The lowest BCUT2D eigenvalue weighted by atomic mass is 10.1. The van der Waals surface area contributed by atoms with E-state index in [1.54, 1.807) is 24.0 Å². The zero-order valence-corrected chi connectivity index (χ0v) is 19.9. The van der Waals surface area contributed by atoms with Crippen molar-refractivity contribution in [2.24, 2.45) is 0 Å². The number of halogens is 2. The van der Waals surface area contributed by atoms with Gasteiger partial charge in [0.2, 0.25) is 0 Å². The highest BCUT2D eigenvalue weighted by molar-refractivity contribution is 7.98. The van der Waals surface area contributed by atoms with Gasteiger partial charge in [0.15, 0.2) is 16.6 Å². The molecule has 5 aromatic rings. The number of aromatic amines is 1. The summed E-state index contributed by atoms with van der Waals surface area (Å²) in [7, 11) is 0. The number of fused-ring (bicyclic) bond motifs is 2. The Hall–Kier alpha value is -2.52. The molecular weight excluding hydrogens is 479 g/mol. The van der Waals surface area contributed by atoms with Crippen molar-refractivity contribution in [1.29, 1.82) is 0 Å². The Morgan fingerprint density at radius 1 is 1.18 bits per heavy atom. The lowest BCUT2D eigenvalue weighted by molar-refractivity contribution is 0.0953. The molecule has 7 nitrogen and oxygen atoms in total. The minimum atomic E-state index is 0.167. The molecule has 1 atom stereocenters. The smallest absolute Gasteiger partial charge is 0.191 e. The summed E-state index contributed by atoms with van der Waals surface area (Å²) in [4.78, 5) is 8.01. The van der Waals surface area contributed by atoms with Crippen LogP contribution >= 0.6 is 35.0 Å². The van der Waals surface area contributed by atoms with Gasteiger partial charge in [-0.1, -0.05) is 53.2 Å². The van der Waals surface area contributed by atoms with Gasteiger partial charge in [-0.25, -0.2) is 4.98 Å². The van der Waals surface area contributed by atoms with Crippen molar-refractivity contribution < 1.29 is 4.74 Å². The number of hydrogen-bond acceptors (Lipinski definition) is 5. The summed E-state index contributed by atoms with van der Waals surface area (Å²) in [5.74, 6) is 1.47. The number of imidazole rings is 1. The Bertz CT molecular complexity index is 1450. The molecule has 0 bridgehead atoms. The maximum Gasteiger partial charge on any atom is 0.191 e. The molecule has 0 aliphatic carbocycles. The maximum atomic E-state index is 6.30. The Balaban J connectivity index is 1.33. The molecule has 0 spiro atoms. The van der Waals surface area contributed by atoms with Crippen LogP contribution in [-0.2, 0) is 17.0 Å². The molecule has 1 aliphatic heterocycles. The van der Waals surface area contributed by atoms with E-state index in [1.165, 1.54) is 0 Å². The van der Waals surface area contributed by atoms with Gasteiger partial charge in [-0.3, -0.25) is 4.57 Å². The number of nitrogens with one attached hydrogen (secondary N) is 1. The molecule has 1 saturated heterocycles. The molecule has 0 saturated carbocycles. The van der Waals surface area contributed by atoms with Gasteiger partial charge >= 0.3 is 0 Å². The van der Waals surface area contributed by atoms with Crippen LogP contribution in [0.4, 0.5) is 0 Å². The molecule has 33 heavy (non-hydrogen) atoms. The van der Waals surface area contributed by atoms with Crippen LogP contribution in [0.25, 0.3) is 27.9 Å². The molecule has 1 unspecified atom stereocenters. The lowest BCUT2D eigenvalue weighted by Gasteiger charge is -2.14. The number of pyridine rings is 1. The highest BCUT2D eigenvalue weighted by Crippen LogP contribution is 2.32. The molecule has 10 heteroatoms. The molecule has 4 aromatic heterocycles. The second-order valence-electron chi connectivity index (χ2n) is 8.06. The van der Waals surface area contributed by atoms with Gasteiger partial charge in [-0.2, -0.15) is 0 Å². The number of aromatic nitrogens is 6. The second-order valence-corrected chi connectivity index (χ2v) is 9.84. The third-order valence-corrected chi connectivity index (χ3v) is 7.31. The van der Waals surface area contributed by atoms with Crippen LogP contribution in [0.3, 0.4) is 0 Å². The fourth-order valence-electron chi connectivity index (χ4n) is 4.29. The first kappa shape index (κ1) is 21.0. The first-order valence-electron chi connectivity index (χ1n) is 10.7. The van der Waals surface area contributed by atoms with Crippen molar-refractivity contribution >= 4 is 51.5 Å². The van der Waals surface area contributed by atoms with Crippen LogP contribution in [-0.4, -0.2) is 41.8 Å². The van der Waals surface area contributed by atoms with Crippen molar-refractivity contribution in [3.8, 4) is 11.4 Å². The molecule has 0 radical (unpaired) electrons. The molecule has 5 heterocycles. The van der Waals surface area contributed by atoms with Crippen molar-refractivity contribution in [1.82, 2.24) is 29.1 Å². The summed E-state index contributed by atoms with van der Waals surface area (Å²) in [6, 6.07) is 9.93. The van der Waals surface area contributed by atoms with Crippen LogP contribution in [0.2, 0.25) is 10.0 Å². The molecule has 168 valence electrons. The maximum absolute atomic E-state index is 6.30. The number of ether oxygens (including phenoxy) is 1. The number of hydrogen-bond donors (Lipinski definition) is 1. The average Bonchev–Trinajstić information content (AvgIpc) is 3.59. The minimum Gasteiger partial charge on any atom is -0.376 e. The van der Waals surface area contributed by atoms with Gasteiger partial charge in [-0.05, 0) is 25.0 Å². The van der Waals surface area contributed by atoms with E-state index in [2.05, 4.69) is 36.9 Å². The molecular formula is C23H20Cl2N6OS. The Morgan fingerprint density at radius 2 is 2.09 bits per heavy atom. The highest BCUT2D eigenvalue weighted by Gasteiger charge is 2.23. The number of para-hydroxylation sites is 1. The predicted molar refractivity (Wildman–Crippen MR) is 131 cm³/mol. The third kappa shape index (κ3) is 4.01. The van der Waals surface area contributed by atoms with E-state index in [4.69, 9.17) is 27.9 Å². The van der Waals surface area contributed by atoms with Gasteiger partial charge in [0.25, 0.3) is 0 Å². The zero-order valence-electron chi connectivity index (χ0n) is 17.5. The normalized spacial score (nSPS) is 16.4. The quantitative estimate of drug-likeness (QED) is 0.297. The summed E-state index contributed by atoms with van der Waals surface area (Å²) >= 11 is 14.0. The number of benzene rings is 1. The number of thioether (sulfide) groups is 1. The van der Waals surface area contributed by atoms with Crippen molar-refractivity contribution in [3.63, 3.8) is 0 Å². The monoisotopic (exact) mass is 498 g/mol. The fraction of sp³-hybridized carbons (Fsp3) is 0.261. The largest absolute Gasteiger partial charge is 0.376 e. The predicted octanol–water partition coefficient (Wildman–Crippen LogP) is 5.85. The Labute approximate surface area is 204 Å².